The maximum atomic E-state index is 11.8. The Morgan fingerprint density at radius 1 is 1.45 bits per heavy atom. The van der Waals surface area contributed by atoms with Crippen LogP contribution in [0.15, 0.2) is 17.1 Å². The van der Waals surface area contributed by atoms with Crippen LogP contribution in [0, 0.1) is 5.92 Å². The summed E-state index contributed by atoms with van der Waals surface area (Å²) in [6.07, 6.45) is 0.0100. The Balaban J connectivity index is 2.09. The molecular weight excluding hydrogens is 264 g/mol. The van der Waals surface area contributed by atoms with Gasteiger partial charge >= 0.3 is 0 Å². The first kappa shape index (κ1) is 13.1. The molecule has 8 heteroatoms. The standard InChI is InChI=1S/C12H16N4O4/c13-12-14-10-6(11(20)15-12)1-2-16(10)7-3-5(4-17)8(18)9(7)19/h1-2,5,7-9,17-19H,3-4H2,(H3,13,14,15,20)/t5-,7-,8-,9-/m1/s1. The molecule has 0 saturated heterocycles. The van der Waals surface area contributed by atoms with E-state index in [2.05, 4.69) is 9.97 Å². The first-order chi connectivity index (χ1) is 9.52. The van der Waals surface area contributed by atoms with Crippen LogP contribution in [-0.2, 0) is 0 Å². The lowest BCUT2D eigenvalue weighted by Gasteiger charge is -2.18. The van der Waals surface area contributed by atoms with E-state index in [1.807, 2.05) is 0 Å². The van der Waals surface area contributed by atoms with Crippen LogP contribution in [0.1, 0.15) is 12.5 Å². The Kier molecular flexibility index (Phi) is 3.00. The molecule has 3 rings (SSSR count). The lowest BCUT2D eigenvalue weighted by Crippen LogP contribution is -2.30. The average Bonchev–Trinajstić information content (AvgIpc) is 2.93. The molecule has 6 N–H and O–H groups in total. The number of nitrogen functional groups attached to an aromatic ring is 1. The van der Waals surface area contributed by atoms with Crippen LogP contribution in [0.5, 0.6) is 0 Å². The number of aliphatic hydroxyl groups excluding tert-OH is 3. The van der Waals surface area contributed by atoms with E-state index in [1.165, 1.54) is 0 Å². The molecular formula is C12H16N4O4. The van der Waals surface area contributed by atoms with Crippen molar-refractivity contribution in [1.82, 2.24) is 14.5 Å². The van der Waals surface area contributed by atoms with Gasteiger partial charge in [-0.3, -0.25) is 9.78 Å². The SMILES string of the molecule is Nc1nc2c(ccn2[C@@H]2C[C@H](CO)[C@@H](O)[C@@H]2O)c(=O)[nH]1. The zero-order chi connectivity index (χ0) is 14.4. The van der Waals surface area contributed by atoms with E-state index in [4.69, 9.17) is 5.73 Å². The van der Waals surface area contributed by atoms with Gasteiger partial charge in [-0.25, -0.2) is 0 Å². The third-order valence-corrected chi connectivity index (χ3v) is 3.96. The summed E-state index contributed by atoms with van der Waals surface area (Å²) in [6, 6.07) is 1.14. The molecule has 20 heavy (non-hydrogen) atoms. The van der Waals surface area contributed by atoms with Crippen LogP contribution in [0.3, 0.4) is 0 Å². The van der Waals surface area contributed by atoms with Gasteiger partial charge < -0.3 is 25.6 Å². The fourth-order valence-corrected chi connectivity index (χ4v) is 2.88. The first-order valence-electron chi connectivity index (χ1n) is 6.36. The number of aromatic nitrogens is 3. The molecule has 1 aliphatic carbocycles. The Labute approximate surface area is 113 Å². The molecule has 0 amide bonds. The molecule has 1 aliphatic rings. The van der Waals surface area contributed by atoms with Crippen LogP contribution in [0.25, 0.3) is 11.0 Å². The molecule has 0 bridgehead atoms. The summed E-state index contributed by atoms with van der Waals surface area (Å²) in [4.78, 5) is 18.2. The van der Waals surface area contributed by atoms with Crippen molar-refractivity contribution >= 4 is 17.0 Å². The smallest absolute Gasteiger partial charge is 0.261 e. The number of hydrogen-bond donors (Lipinski definition) is 5. The molecule has 2 aromatic rings. The minimum absolute atomic E-state index is 0.00538. The molecule has 2 heterocycles. The van der Waals surface area contributed by atoms with Crippen LogP contribution in [0.4, 0.5) is 5.95 Å². The number of aromatic amines is 1. The van der Waals surface area contributed by atoms with Crippen LogP contribution >= 0.6 is 0 Å². The predicted molar refractivity (Wildman–Crippen MR) is 71.0 cm³/mol. The van der Waals surface area contributed by atoms with Crippen molar-refractivity contribution in [2.75, 3.05) is 12.3 Å². The molecule has 1 fully saturated rings. The van der Waals surface area contributed by atoms with E-state index in [0.29, 0.717) is 17.5 Å². The lowest BCUT2D eigenvalue weighted by molar-refractivity contribution is -0.00365. The fourth-order valence-electron chi connectivity index (χ4n) is 2.88. The van der Waals surface area contributed by atoms with Crippen molar-refractivity contribution < 1.29 is 15.3 Å². The largest absolute Gasteiger partial charge is 0.396 e. The van der Waals surface area contributed by atoms with Crippen molar-refractivity contribution in [3.63, 3.8) is 0 Å². The Bertz CT molecular complexity index is 694. The van der Waals surface area contributed by atoms with Gasteiger partial charge in [0.05, 0.1) is 17.5 Å². The van der Waals surface area contributed by atoms with E-state index < -0.39 is 24.2 Å². The van der Waals surface area contributed by atoms with E-state index in [-0.39, 0.29) is 18.1 Å². The second-order valence-corrected chi connectivity index (χ2v) is 5.14. The van der Waals surface area contributed by atoms with Crippen molar-refractivity contribution in [1.29, 1.82) is 0 Å². The molecule has 108 valence electrons. The van der Waals surface area contributed by atoms with Gasteiger partial charge in [-0.2, -0.15) is 4.98 Å². The molecule has 0 aromatic carbocycles. The molecule has 0 unspecified atom stereocenters. The summed E-state index contributed by atoms with van der Waals surface area (Å²) in [5.74, 6) is -0.402. The number of fused-ring (bicyclic) bond motifs is 1. The van der Waals surface area contributed by atoms with Gasteiger partial charge in [0.2, 0.25) is 5.95 Å². The summed E-state index contributed by atoms with van der Waals surface area (Å²) in [5, 5.41) is 29.5. The number of aliphatic hydroxyl groups is 3. The third-order valence-electron chi connectivity index (χ3n) is 3.96. The van der Waals surface area contributed by atoms with E-state index in [9.17, 15) is 20.1 Å². The summed E-state index contributed by atoms with van der Waals surface area (Å²) < 4.78 is 1.63. The van der Waals surface area contributed by atoms with Gasteiger partial charge in [-0.15, -0.1) is 0 Å². The summed E-state index contributed by atoms with van der Waals surface area (Å²) >= 11 is 0. The van der Waals surface area contributed by atoms with Gasteiger partial charge in [0.25, 0.3) is 5.56 Å². The number of nitrogens with zero attached hydrogens (tertiary/aromatic N) is 2. The van der Waals surface area contributed by atoms with E-state index in [0.717, 1.165) is 0 Å². The summed E-state index contributed by atoms with van der Waals surface area (Å²) in [6.45, 7) is -0.204. The zero-order valence-electron chi connectivity index (χ0n) is 10.6. The number of hydrogen-bond acceptors (Lipinski definition) is 6. The van der Waals surface area contributed by atoms with E-state index in [1.54, 1.807) is 16.8 Å². The predicted octanol–water partition coefficient (Wildman–Crippen LogP) is -1.42. The lowest BCUT2D eigenvalue weighted by atomic mass is 10.1. The minimum Gasteiger partial charge on any atom is -0.396 e. The highest BCUT2D eigenvalue weighted by Gasteiger charge is 2.42. The van der Waals surface area contributed by atoms with Crippen molar-refractivity contribution in [2.24, 2.45) is 5.92 Å². The number of rotatable bonds is 2. The second kappa shape index (κ2) is 4.58. The molecule has 2 aromatic heterocycles. The zero-order valence-corrected chi connectivity index (χ0v) is 10.6. The van der Waals surface area contributed by atoms with Gasteiger partial charge in [0.1, 0.15) is 11.8 Å². The Hall–Kier alpha value is -1.90. The van der Waals surface area contributed by atoms with E-state index >= 15 is 0 Å². The second-order valence-electron chi connectivity index (χ2n) is 5.14. The minimum atomic E-state index is -1.02. The van der Waals surface area contributed by atoms with Crippen LogP contribution in [0.2, 0.25) is 0 Å². The number of H-pyrrole nitrogens is 1. The highest BCUT2D eigenvalue weighted by molar-refractivity contribution is 5.76. The molecule has 4 atom stereocenters. The van der Waals surface area contributed by atoms with Crippen LogP contribution < -0.4 is 11.3 Å². The average molecular weight is 280 g/mol. The monoisotopic (exact) mass is 280 g/mol. The van der Waals surface area contributed by atoms with Crippen LogP contribution in [-0.4, -0.2) is 48.7 Å². The van der Waals surface area contributed by atoms with Gasteiger partial charge in [-0.05, 0) is 12.5 Å². The molecule has 0 radical (unpaired) electrons. The topological polar surface area (TPSA) is 137 Å². The van der Waals surface area contributed by atoms with Crippen molar-refractivity contribution in [3.8, 4) is 0 Å². The molecule has 0 spiro atoms. The van der Waals surface area contributed by atoms with Gasteiger partial charge in [-0.1, -0.05) is 0 Å². The Morgan fingerprint density at radius 3 is 2.85 bits per heavy atom. The maximum Gasteiger partial charge on any atom is 0.261 e. The van der Waals surface area contributed by atoms with Crippen molar-refractivity contribution in [3.05, 3.63) is 22.6 Å². The molecule has 1 saturated carbocycles. The quantitative estimate of drug-likeness (QED) is 0.458. The fraction of sp³-hybridized carbons (Fsp3) is 0.500. The Morgan fingerprint density at radius 2 is 2.20 bits per heavy atom. The molecule has 0 aliphatic heterocycles. The highest BCUT2D eigenvalue weighted by atomic mass is 16.3. The van der Waals surface area contributed by atoms with Gasteiger partial charge in [0.15, 0.2) is 0 Å². The number of nitrogens with one attached hydrogen (secondary N) is 1. The maximum absolute atomic E-state index is 11.8. The highest BCUT2D eigenvalue weighted by Crippen LogP contribution is 2.36. The molecule has 8 nitrogen and oxygen atoms in total. The summed E-state index contributed by atoms with van der Waals surface area (Å²) in [5.41, 5.74) is 5.55. The number of anilines is 1. The third kappa shape index (κ3) is 1.80. The number of nitrogens with two attached hydrogens (primary N) is 1. The van der Waals surface area contributed by atoms with Crippen molar-refractivity contribution in [2.45, 2.75) is 24.7 Å². The van der Waals surface area contributed by atoms with Gasteiger partial charge in [0, 0.05) is 18.7 Å². The summed E-state index contributed by atoms with van der Waals surface area (Å²) in [7, 11) is 0. The first-order valence-corrected chi connectivity index (χ1v) is 6.36. The normalized spacial score (nSPS) is 30.1.